The maximum atomic E-state index is 10.4. The minimum absolute atomic E-state index is 0.568. The molecule has 0 aliphatic heterocycles. The summed E-state index contributed by atoms with van der Waals surface area (Å²) in [4.78, 5) is 8.66. The molecule has 4 rings (SSSR count). The molecule has 0 atom stereocenters. The number of imidazole rings is 1. The van der Waals surface area contributed by atoms with Gasteiger partial charge in [-0.25, -0.2) is 9.97 Å². The summed E-state index contributed by atoms with van der Waals surface area (Å²) in [6.07, 6.45) is 6.38. The molecule has 118 valence electrons. The number of aromatic nitrogens is 3. The van der Waals surface area contributed by atoms with E-state index in [1.54, 1.807) is 12.5 Å². The minimum atomic E-state index is -0.580. The molecule has 0 radical (unpaired) electrons. The van der Waals surface area contributed by atoms with E-state index in [1.807, 2.05) is 41.8 Å². The number of ether oxygens (including phenoxy) is 1. The van der Waals surface area contributed by atoms with Crippen LogP contribution in [-0.2, 0) is 6.54 Å². The molecular formula is C18H19N3O2. The molecule has 1 fully saturated rings. The average molecular weight is 309 g/mol. The van der Waals surface area contributed by atoms with Crippen LogP contribution >= 0.6 is 0 Å². The molecule has 23 heavy (non-hydrogen) atoms. The van der Waals surface area contributed by atoms with Crippen molar-refractivity contribution < 1.29 is 9.84 Å². The van der Waals surface area contributed by atoms with Crippen LogP contribution in [0.25, 0.3) is 11.0 Å². The highest BCUT2D eigenvalue weighted by atomic mass is 16.5. The number of nitrogens with zero attached hydrogens (tertiary/aromatic N) is 3. The summed E-state index contributed by atoms with van der Waals surface area (Å²) in [5.74, 6) is 1.29. The van der Waals surface area contributed by atoms with Crippen molar-refractivity contribution >= 4 is 11.0 Å². The second-order valence-corrected chi connectivity index (χ2v) is 6.38. The summed E-state index contributed by atoms with van der Waals surface area (Å²) >= 11 is 0. The average Bonchev–Trinajstić information content (AvgIpc) is 2.90. The van der Waals surface area contributed by atoms with Gasteiger partial charge in [-0.05, 0) is 43.9 Å². The van der Waals surface area contributed by atoms with Crippen LogP contribution in [0.3, 0.4) is 0 Å². The lowest BCUT2D eigenvalue weighted by Crippen LogP contribution is -2.40. The molecule has 1 aliphatic rings. The van der Waals surface area contributed by atoms with Gasteiger partial charge in [0, 0.05) is 18.3 Å². The van der Waals surface area contributed by atoms with Crippen LogP contribution in [-0.4, -0.2) is 25.2 Å². The van der Waals surface area contributed by atoms with Gasteiger partial charge in [0.1, 0.15) is 5.75 Å². The van der Waals surface area contributed by atoms with Crippen LogP contribution in [0.1, 0.15) is 24.8 Å². The second kappa shape index (κ2) is 5.35. The van der Waals surface area contributed by atoms with Gasteiger partial charge in [0.05, 0.1) is 29.5 Å². The number of benzene rings is 1. The number of hydrogen-bond acceptors (Lipinski definition) is 4. The Morgan fingerprint density at radius 1 is 1.22 bits per heavy atom. The Hall–Kier alpha value is -2.40. The first kappa shape index (κ1) is 14.2. The molecule has 1 aliphatic carbocycles. The Bertz CT molecular complexity index is 835. The third-order valence-electron chi connectivity index (χ3n) is 4.45. The van der Waals surface area contributed by atoms with E-state index >= 15 is 0 Å². The van der Waals surface area contributed by atoms with Crippen molar-refractivity contribution in [2.75, 3.05) is 0 Å². The summed E-state index contributed by atoms with van der Waals surface area (Å²) in [6.45, 7) is 2.57. The summed E-state index contributed by atoms with van der Waals surface area (Å²) < 4.78 is 7.83. The number of pyridine rings is 1. The smallest absolute Gasteiger partial charge is 0.219 e. The zero-order chi connectivity index (χ0) is 15.9. The molecule has 1 aromatic carbocycles. The Balaban J connectivity index is 1.62. The lowest BCUT2D eigenvalue weighted by Gasteiger charge is -2.36. The first-order valence-electron chi connectivity index (χ1n) is 7.89. The van der Waals surface area contributed by atoms with Crippen LogP contribution in [0.2, 0.25) is 0 Å². The maximum Gasteiger partial charge on any atom is 0.219 e. The summed E-state index contributed by atoms with van der Waals surface area (Å²) in [5, 5.41) is 10.4. The number of rotatable bonds is 4. The van der Waals surface area contributed by atoms with E-state index in [0.717, 1.165) is 41.6 Å². The normalized spacial score (nSPS) is 16.3. The number of hydrogen-bond donors (Lipinski definition) is 1. The molecule has 0 unspecified atom stereocenters. The molecule has 0 saturated heterocycles. The van der Waals surface area contributed by atoms with Gasteiger partial charge in [0.25, 0.3) is 0 Å². The summed E-state index contributed by atoms with van der Waals surface area (Å²) in [6, 6.07) is 9.59. The van der Waals surface area contributed by atoms with Crippen molar-refractivity contribution in [1.82, 2.24) is 14.5 Å². The zero-order valence-corrected chi connectivity index (χ0v) is 13.1. The molecule has 3 aromatic rings. The number of aryl methyl sites for hydroxylation is 1. The Morgan fingerprint density at radius 2 is 2.09 bits per heavy atom. The Labute approximate surface area is 134 Å². The first-order valence-corrected chi connectivity index (χ1v) is 7.89. The van der Waals surface area contributed by atoms with Crippen LogP contribution < -0.4 is 4.74 Å². The zero-order valence-electron chi connectivity index (χ0n) is 13.1. The van der Waals surface area contributed by atoms with Crippen LogP contribution in [0, 0.1) is 6.92 Å². The SMILES string of the molecule is Cc1ccc(Oc2ccc3ncn(CC4(O)CCC4)c3c2)nc1. The van der Waals surface area contributed by atoms with Crippen molar-refractivity contribution in [3.63, 3.8) is 0 Å². The fourth-order valence-corrected chi connectivity index (χ4v) is 2.92. The van der Waals surface area contributed by atoms with Crippen LogP contribution in [0.4, 0.5) is 0 Å². The molecule has 0 amide bonds. The van der Waals surface area contributed by atoms with Crippen molar-refractivity contribution in [2.24, 2.45) is 0 Å². The molecule has 5 nitrogen and oxygen atoms in total. The third kappa shape index (κ3) is 2.80. The molecule has 1 N–H and O–H groups in total. The van der Waals surface area contributed by atoms with Gasteiger partial charge in [-0.2, -0.15) is 0 Å². The van der Waals surface area contributed by atoms with Crippen LogP contribution in [0.5, 0.6) is 11.6 Å². The maximum absolute atomic E-state index is 10.4. The molecule has 2 heterocycles. The highest BCUT2D eigenvalue weighted by Gasteiger charge is 2.34. The van der Waals surface area contributed by atoms with E-state index in [1.165, 1.54) is 0 Å². The van der Waals surface area contributed by atoms with E-state index < -0.39 is 5.60 Å². The van der Waals surface area contributed by atoms with Gasteiger partial charge in [-0.3, -0.25) is 0 Å². The van der Waals surface area contributed by atoms with Crippen molar-refractivity contribution in [2.45, 2.75) is 38.3 Å². The standard InChI is InChI=1S/C18H19N3O2/c1-13-3-6-17(19-10-13)23-14-4-5-15-16(9-14)21(12-20-15)11-18(22)7-2-8-18/h3-6,9-10,12,22H,2,7-8,11H2,1H3. The van der Waals surface area contributed by atoms with Gasteiger partial charge >= 0.3 is 0 Å². The second-order valence-electron chi connectivity index (χ2n) is 6.38. The van der Waals surface area contributed by atoms with Gasteiger partial charge in [-0.1, -0.05) is 6.07 Å². The predicted octanol–water partition coefficient (Wildman–Crippen LogP) is 3.45. The molecular weight excluding hydrogens is 290 g/mol. The Kier molecular flexibility index (Phi) is 3.31. The van der Waals surface area contributed by atoms with Gasteiger partial charge < -0.3 is 14.4 Å². The van der Waals surface area contributed by atoms with Gasteiger partial charge in [0.15, 0.2) is 0 Å². The number of fused-ring (bicyclic) bond motifs is 1. The largest absolute Gasteiger partial charge is 0.439 e. The lowest BCUT2D eigenvalue weighted by molar-refractivity contribution is -0.0465. The van der Waals surface area contributed by atoms with Crippen molar-refractivity contribution in [3.05, 3.63) is 48.4 Å². The molecule has 5 heteroatoms. The molecule has 0 spiro atoms. The van der Waals surface area contributed by atoms with E-state index in [9.17, 15) is 5.11 Å². The van der Waals surface area contributed by atoms with Crippen molar-refractivity contribution in [1.29, 1.82) is 0 Å². The van der Waals surface area contributed by atoms with Gasteiger partial charge in [-0.15, -0.1) is 0 Å². The minimum Gasteiger partial charge on any atom is -0.439 e. The Morgan fingerprint density at radius 3 is 2.78 bits per heavy atom. The summed E-state index contributed by atoms with van der Waals surface area (Å²) in [5.41, 5.74) is 2.38. The van der Waals surface area contributed by atoms with Gasteiger partial charge in [0.2, 0.25) is 5.88 Å². The quantitative estimate of drug-likeness (QED) is 0.802. The topological polar surface area (TPSA) is 60.2 Å². The highest BCUT2D eigenvalue weighted by molar-refractivity contribution is 5.77. The molecule has 2 aromatic heterocycles. The monoisotopic (exact) mass is 309 g/mol. The third-order valence-corrected chi connectivity index (χ3v) is 4.45. The fraction of sp³-hybridized carbons (Fsp3) is 0.333. The summed E-state index contributed by atoms with van der Waals surface area (Å²) in [7, 11) is 0. The van der Waals surface area contributed by atoms with E-state index in [4.69, 9.17) is 4.74 Å². The predicted molar refractivity (Wildman–Crippen MR) is 87.6 cm³/mol. The fourth-order valence-electron chi connectivity index (χ4n) is 2.92. The molecule has 0 bridgehead atoms. The number of aliphatic hydroxyl groups is 1. The van der Waals surface area contributed by atoms with E-state index in [0.29, 0.717) is 12.4 Å². The van der Waals surface area contributed by atoms with Crippen molar-refractivity contribution in [3.8, 4) is 11.6 Å². The van der Waals surface area contributed by atoms with E-state index in [-0.39, 0.29) is 0 Å². The molecule has 1 saturated carbocycles. The highest BCUT2D eigenvalue weighted by Crippen LogP contribution is 2.34. The lowest BCUT2D eigenvalue weighted by atomic mass is 9.80. The van der Waals surface area contributed by atoms with Crippen LogP contribution in [0.15, 0.2) is 42.9 Å². The first-order chi connectivity index (χ1) is 11.1. The van der Waals surface area contributed by atoms with E-state index in [2.05, 4.69) is 9.97 Å².